The maximum Gasteiger partial charge on any atom is 0.282 e. The number of nitrogens with two attached hydrogens (primary N) is 1. The van der Waals surface area contributed by atoms with Crippen LogP contribution in [0.4, 0.5) is 5.13 Å². The lowest BCUT2D eigenvalue weighted by Gasteiger charge is -2.24. The van der Waals surface area contributed by atoms with Gasteiger partial charge in [-0.2, -0.15) is 0 Å². The lowest BCUT2D eigenvalue weighted by molar-refractivity contribution is 0.0936. The first kappa shape index (κ1) is 13.9. The fourth-order valence-corrected chi connectivity index (χ4v) is 2.38. The van der Waals surface area contributed by atoms with Crippen molar-refractivity contribution in [1.29, 1.82) is 0 Å². The molecule has 1 aromatic rings. The van der Waals surface area contributed by atoms with Crippen LogP contribution in [-0.4, -0.2) is 22.6 Å². The first-order valence-electron chi connectivity index (χ1n) is 5.79. The largest absolute Gasteiger partial charge is 0.374 e. The number of amides is 1. The molecule has 0 atom stereocenters. The van der Waals surface area contributed by atoms with Crippen molar-refractivity contribution in [3.8, 4) is 0 Å². The van der Waals surface area contributed by atoms with E-state index in [-0.39, 0.29) is 5.91 Å². The molecular formula is C11H20N4OS. The molecule has 1 heterocycles. The molecule has 1 aromatic heterocycles. The van der Waals surface area contributed by atoms with Gasteiger partial charge in [-0.1, -0.05) is 39.0 Å². The first-order valence-corrected chi connectivity index (χ1v) is 6.60. The second kappa shape index (κ2) is 5.95. The molecule has 0 saturated carbocycles. The summed E-state index contributed by atoms with van der Waals surface area (Å²) >= 11 is 1.11. The zero-order valence-electron chi connectivity index (χ0n) is 10.7. The molecule has 0 spiro atoms. The molecule has 0 bridgehead atoms. The zero-order valence-corrected chi connectivity index (χ0v) is 11.5. The van der Waals surface area contributed by atoms with Crippen LogP contribution in [-0.2, 0) is 0 Å². The SMILES string of the molecule is CC(C)C(CNC(=O)c1nnc(N)s1)C(C)C. The predicted octanol–water partition coefficient (Wildman–Crippen LogP) is 1.78. The highest BCUT2D eigenvalue weighted by Gasteiger charge is 2.19. The Morgan fingerprint density at radius 3 is 2.29 bits per heavy atom. The van der Waals surface area contributed by atoms with Gasteiger partial charge in [0.2, 0.25) is 10.1 Å². The van der Waals surface area contributed by atoms with Crippen LogP contribution in [0, 0.1) is 17.8 Å². The molecule has 0 aliphatic rings. The highest BCUT2D eigenvalue weighted by Crippen LogP contribution is 2.19. The highest BCUT2D eigenvalue weighted by atomic mass is 32.1. The summed E-state index contributed by atoms with van der Waals surface area (Å²) in [6.07, 6.45) is 0. The molecule has 0 radical (unpaired) electrons. The van der Waals surface area contributed by atoms with Crippen LogP contribution in [0.15, 0.2) is 0 Å². The number of carbonyl (C=O) groups excluding carboxylic acids is 1. The fraction of sp³-hybridized carbons (Fsp3) is 0.727. The lowest BCUT2D eigenvalue weighted by Crippen LogP contribution is -2.33. The molecule has 0 saturated heterocycles. The van der Waals surface area contributed by atoms with Gasteiger partial charge < -0.3 is 11.1 Å². The van der Waals surface area contributed by atoms with E-state index in [1.165, 1.54) is 0 Å². The Bertz CT molecular complexity index is 367. The number of hydrogen-bond acceptors (Lipinski definition) is 5. The van der Waals surface area contributed by atoms with Crippen molar-refractivity contribution in [1.82, 2.24) is 15.5 Å². The minimum Gasteiger partial charge on any atom is -0.374 e. The number of aromatic nitrogens is 2. The van der Waals surface area contributed by atoms with Crippen LogP contribution in [0.25, 0.3) is 0 Å². The van der Waals surface area contributed by atoms with Crippen LogP contribution < -0.4 is 11.1 Å². The van der Waals surface area contributed by atoms with Gasteiger partial charge in [0.25, 0.3) is 5.91 Å². The number of nitrogen functional groups attached to an aromatic ring is 1. The standard InChI is InChI=1S/C11H20N4OS/c1-6(2)8(7(3)4)5-13-9(16)10-14-15-11(12)17-10/h6-8H,5H2,1-4H3,(H2,12,15)(H,13,16). The Labute approximate surface area is 106 Å². The summed E-state index contributed by atoms with van der Waals surface area (Å²) in [5.41, 5.74) is 5.43. The van der Waals surface area contributed by atoms with Crippen LogP contribution in [0.1, 0.15) is 37.5 Å². The third-order valence-corrected chi connectivity index (χ3v) is 3.60. The normalized spacial score (nSPS) is 11.5. The average Bonchev–Trinajstić information content (AvgIpc) is 2.63. The van der Waals surface area contributed by atoms with Gasteiger partial charge in [-0.05, 0) is 17.8 Å². The van der Waals surface area contributed by atoms with Crippen LogP contribution in [0.5, 0.6) is 0 Å². The summed E-state index contributed by atoms with van der Waals surface area (Å²) in [7, 11) is 0. The molecule has 6 heteroatoms. The predicted molar refractivity (Wildman–Crippen MR) is 69.8 cm³/mol. The summed E-state index contributed by atoms with van der Waals surface area (Å²) in [5, 5.41) is 10.9. The van der Waals surface area contributed by atoms with E-state index in [1.807, 2.05) is 0 Å². The van der Waals surface area contributed by atoms with E-state index in [0.29, 0.717) is 34.4 Å². The van der Waals surface area contributed by atoms with Gasteiger partial charge >= 0.3 is 0 Å². The molecule has 0 aliphatic heterocycles. The lowest BCUT2D eigenvalue weighted by atomic mass is 9.85. The molecule has 17 heavy (non-hydrogen) atoms. The molecular weight excluding hydrogens is 236 g/mol. The second-order valence-electron chi connectivity index (χ2n) is 4.81. The minimum atomic E-state index is -0.189. The highest BCUT2D eigenvalue weighted by molar-refractivity contribution is 7.16. The van der Waals surface area contributed by atoms with E-state index in [9.17, 15) is 4.79 Å². The topological polar surface area (TPSA) is 80.9 Å². The van der Waals surface area contributed by atoms with Gasteiger partial charge in [-0.3, -0.25) is 4.79 Å². The molecule has 0 fully saturated rings. The monoisotopic (exact) mass is 256 g/mol. The molecule has 5 nitrogen and oxygen atoms in total. The summed E-state index contributed by atoms with van der Waals surface area (Å²) in [6.45, 7) is 9.33. The summed E-state index contributed by atoms with van der Waals surface area (Å²) in [4.78, 5) is 11.7. The van der Waals surface area contributed by atoms with Crippen molar-refractivity contribution in [3.05, 3.63) is 5.01 Å². The van der Waals surface area contributed by atoms with E-state index < -0.39 is 0 Å². The molecule has 96 valence electrons. The molecule has 0 aromatic carbocycles. The summed E-state index contributed by atoms with van der Waals surface area (Å²) in [5.74, 6) is 1.35. The molecule has 1 amide bonds. The van der Waals surface area contributed by atoms with E-state index in [0.717, 1.165) is 11.3 Å². The van der Waals surface area contributed by atoms with Gasteiger partial charge in [-0.25, -0.2) is 0 Å². The van der Waals surface area contributed by atoms with Crippen molar-refractivity contribution in [2.45, 2.75) is 27.7 Å². The smallest absolute Gasteiger partial charge is 0.282 e. The Hall–Kier alpha value is -1.17. The van der Waals surface area contributed by atoms with E-state index >= 15 is 0 Å². The molecule has 0 unspecified atom stereocenters. The van der Waals surface area contributed by atoms with Crippen LogP contribution in [0.2, 0.25) is 0 Å². The van der Waals surface area contributed by atoms with Gasteiger partial charge in [0.1, 0.15) is 0 Å². The van der Waals surface area contributed by atoms with Gasteiger partial charge in [0.15, 0.2) is 0 Å². The third-order valence-electron chi connectivity index (χ3n) is 2.85. The van der Waals surface area contributed by atoms with Gasteiger partial charge in [-0.15, -0.1) is 10.2 Å². The number of carbonyl (C=O) groups is 1. The third kappa shape index (κ3) is 3.96. The molecule has 1 rings (SSSR count). The minimum absolute atomic E-state index is 0.189. The van der Waals surface area contributed by atoms with E-state index in [2.05, 4.69) is 43.2 Å². The number of nitrogens with zero attached hydrogens (tertiary/aromatic N) is 2. The van der Waals surface area contributed by atoms with Crippen molar-refractivity contribution in [2.75, 3.05) is 12.3 Å². The number of rotatable bonds is 5. The molecule has 0 aliphatic carbocycles. The van der Waals surface area contributed by atoms with E-state index in [4.69, 9.17) is 5.73 Å². The first-order chi connectivity index (χ1) is 7.91. The van der Waals surface area contributed by atoms with Gasteiger partial charge in [0, 0.05) is 6.54 Å². The number of anilines is 1. The number of hydrogen-bond donors (Lipinski definition) is 2. The summed E-state index contributed by atoms with van der Waals surface area (Å²) in [6, 6.07) is 0. The van der Waals surface area contributed by atoms with Crippen LogP contribution in [0.3, 0.4) is 0 Å². The fourth-order valence-electron chi connectivity index (χ4n) is 1.85. The maximum atomic E-state index is 11.7. The van der Waals surface area contributed by atoms with Crippen LogP contribution >= 0.6 is 11.3 Å². The van der Waals surface area contributed by atoms with E-state index in [1.54, 1.807) is 0 Å². The molecule has 3 N–H and O–H groups in total. The van der Waals surface area contributed by atoms with Crippen molar-refractivity contribution in [2.24, 2.45) is 17.8 Å². The number of nitrogens with one attached hydrogen (secondary N) is 1. The summed E-state index contributed by atoms with van der Waals surface area (Å²) < 4.78 is 0. The van der Waals surface area contributed by atoms with Crippen molar-refractivity contribution in [3.63, 3.8) is 0 Å². The van der Waals surface area contributed by atoms with Crippen molar-refractivity contribution >= 4 is 22.4 Å². The Morgan fingerprint density at radius 2 is 1.88 bits per heavy atom. The van der Waals surface area contributed by atoms with Gasteiger partial charge in [0.05, 0.1) is 0 Å². The second-order valence-corrected chi connectivity index (χ2v) is 5.82. The Morgan fingerprint density at radius 1 is 1.29 bits per heavy atom. The Balaban J connectivity index is 2.52. The van der Waals surface area contributed by atoms with Crippen molar-refractivity contribution < 1.29 is 4.79 Å². The average molecular weight is 256 g/mol. The maximum absolute atomic E-state index is 11.7. The quantitative estimate of drug-likeness (QED) is 0.841. The Kier molecular flexibility index (Phi) is 4.86. The zero-order chi connectivity index (χ0) is 13.0.